The second kappa shape index (κ2) is 16.8. The Kier molecular flexibility index (Phi) is 11.9. The number of anilines is 1. The molecule has 0 aromatic heterocycles. The van der Waals surface area contributed by atoms with Crippen LogP contribution in [0.5, 0.6) is 11.5 Å². The van der Waals surface area contributed by atoms with Crippen LogP contribution in [0.3, 0.4) is 0 Å². The summed E-state index contributed by atoms with van der Waals surface area (Å²) >= 11 is 0. The Hall–Kier alpha value is -4.90. The Morgan fingerprint density at radius 2 is 1.78 bits per heavy atom. The van der Waals surface area contributed by atoms with E-state index in [2.05, 4.69) is 16.0 Å². The van der Waals surface area contributed by atoms with Crippen LogP contribution in [0.25, 0.3) is 0 Å². The lowest BCUT2D eigenvalue weighted by Crippen LogP contribution is -2.70. The average molecular weight is 808 g/mol. The highest BCUT2D eigenvalue weighted by atomic mass is 16.7. The van der Waals surface area contributed by atoms with Crippen LogP contribution in [0.4, 0.5) is 5.69 Å². The van der Waals surface area contributed by atoms with Crippen molar-refractivity contribution in [1.29, 1.82) is 0 Å². The summed E-state index contributed by atoms with van der Waals surface area (Å²) in [6, 6.07) is 12.1. The molecule has 3 saturated heterocycles. The summed E-state index contributed by atoms with van der Waals surface area (Å²) in [4.78, 5) is 54.8. The maximum absolute atomic E-state index is 14.5. The Bertz CT molecular complexity index is 2090. The smallest absolute Gasteiger partial charge is 0.242 e. The number of fused-ring (bicyclic) bond motifs is 3. The van der Waals surface area contributed by atoms with Gasteiger partial charge in [-0.3, -0.25) is 30.8 Å². The van der Waals surface area contributed by atoms with Crippen LogP contribution in [0.1, 0.15) is 61.4 Å². The maximum atomic E-state index is 14.5. The van der Waals surface area contributed by atoms with Gasteiger partial charge in [-0.25, -0.2) is 0 Å². The van der Waals surface area contributed by atoms with Crippen LogP contribution in [0, 0.1) is 0 Å². The topological polar surface area (TPSA) is 303 Å². The minimum absolute atomic E-state index is 0.0321. The molecule has 3 aromatic carbocycles. The number of aliphatic hydroxyl groups is 7. The highest BCUT2D eigenvalue weighted by Crippen LogP contribution is 2.46. The lowest BCUT2D eigenvalue weighted by molar-refractivity contribution is -0.323. The quantitative estimate of drug-likeness (QED) is 0.0560. The lowest BCUT2D eigenvalue weighted by Gasteiger charge is -2.47. The van der Waals surface area contributed by atoms with Gasteiger partial charge in [0.2, 0.25) is 12.2 Å². The molecule has 0 radical (unpaired) electrons. The molecule has 0 saturated carbocycles. The molecule has 1 amide bonds. The first kappa shape index (κ1) is 41.3. The number of nitrogens with one attached hydrogen (secondary N) is 3. The molecular formula is C39H45N5O14. The van der Waals surface area contributed by atoms with Crippen molar-refractivity contribution in [1.82, 2.24) is 16.0 Å². The van der Waals surface area contributed by atoms with E-state index in [4.69, 9.17) is 19.9 Å². The molecule has 3 heterocycles. The van der Waals surface area contributed by atoms with Crippen LogP contribution < -0.4 is 36.1 Å². The summed E-state index contributed by atoms with van der Waals surface area (Å²) in [6.07, 6.45) is -10.8. The number of carbonyl (C=O) groups is 4. The van der Waals surface area contributed by atoms with Crippen LogP contribution in [-0.2, 0) is 27.4 Å². The number of nitrogens with two attached hydrogens (primary N) is 1. The molecule has 7 rings (SSSR count). The molecule has 0 unspecified atom stereocenters. The number of hydrogen-bond acceptors (Lipinski definition) is 18. The minimum atomic E-state index is -2.54. The Morgan fingerprint density at radius 3 is 2.50 bits per heavy atom. The highest BCUT2D eigenvalue weighted by molar-refractivity contribution is 6.29. The molecule has 19 nitrogen and oxygen atoms in total. The molecule has 58 heavy (non-hydrogen) atoms. The summed E-state index contributed by atoms with van der Waals surface area (Å²) in [5, 5.41) is 83.2. The van der Waals surface area contributed by atoms with Crippen LogP contribution in [0.15, 0.2) is 48.5 Å². The summed E-state index contributed by atoms with van der Waals surface area (Å²) in [7, 11) is 0. The Labute approximate surface area is 330 Å². The zero-order valence-electron chi connectivity index (χ0n) is 31.0. The molecule has 310 valence electrons. The fourth-order valence-electron chi connectivity index (χ4n) is 7.90. The maximum Gasteiger partial charge on any atom is 0.242 e. The van der Waals surface area contributed by atoms with Crippen LogP contribution in [0.2, 0.25) is 0 Å². The van der Waals surface area contributed by atoms with Gasteiger partial charge >= 0.3 is 0 Å². The van der Waals surface area contributed by atoms with Gasteiger partial charge < -0.3 is 65.0 Å². The summed E-state index contributed by atoms with van der Waals surface area (Å²) in [6.45, 7) is -2.40. The molecule has 3 aliphatic heterocycles. The van der Waals surface area contributed by atoms with Gasteiger partial charge in [-0.2, -0.15) is 0 Å². The van der Waals surface area contributed by atoms with E-state index in [1.165, 1.54) is 24.3 Å². The standard InChI is InChI=1S/C39H45N5O14/c40-38-42-35-28(36(54)43-38)41-17-44(35)25-4-2-1-3-19(25)12-20-13-24-27(30(51)23-11-18(14-47)5-6-22(23)29(24)50)33(56-16-21(49)7-9-45)32(20)58-37-39(55,8-10-46)34(53)31(52)26(15-48)57-37/h1-6,9,11,13,21,26,28,31,34-35,37-38,41-42,46-49,52-53,55H,7-8,10,12,14-17,40H2,(H,43,54)/t21-,26+,28+,31+,34-,35+,37-,38+,39+/m1/s1. The third kappa shape index (κ3) is 7.35. The third-order valence-electron chi connectivity index (χ3n) is 10.9. The highest BCUT2D eigenvalue weighted by Gasteiger charge is 2.56. The SMILES string of the molecule is N[C@@H]1NC(=O)[C@H]2NCN(c3ccccc3Cc3cc4c(c(OC[C@H](O)CC=O)c3O[C@H]3O[C@@H](CO)[C@H](O)[C@@H](O)[C@@]3(O)CCO)C(=O)c3cc(CO)ccc3C4=O)[C@@H]2N1. The molecule has 3 fully saturated rings. The summed E-state index contributed by atoms with van der Waals surface area (Å²) < 4.78 is 18.4. The van der Waals surface area contributed by atoms with Crippen molar-refractivity contribution >= 4 is 29.4 Å². The second-order valence-corrected chi connectivity index (χ2v) is 14.6. The molecular weight excluding hydrogens is 762 g/mol. The number of rotatable bonds is 14. The van der Waals surface area contributed by atoms with Gasteiger partial charge in [0, 0.05) is 53.8 Å². The first-order valence-corrected chi connectivity index (χ1v) is 18.6. The molecule has 3 aromatic rings. The molecule has 1 aliphatic carbocycles. The number of ether oxygens (including phenoxy) is 3. The predicted molar refractivity (Wildman–Crippen MR) is 199 cm³/mol. The number of ketones is 2. The number of benzene rings is 3. The zero-order chi connectivity index (χ0) is 41.5. The van der Waals surface area contributed by atoms with E-state index in [1.54, 1.807) is 24.3 Å². The van der Waals surface area contributed by atoms with Gasteiger partial charge in [0.15, 0.2) is 28.7 Å². The van der Waals surface area contributed by atoms with Gasteiger partial charge in [0.05, 0.1) is 31.5 Å². The largest absolute Gasteiger partial charge is 0.486 e. The normalized spacial score (nSPS) is 28.3. The summed E-state index contributed by atoms with van der Waals surface area (Å²) in [5.41, 5.74) is 4.70. The van der Waals surface area contributed by atoms with Crippen molar-refractivity contribution < 1.29 is 69.1 Å². The fraction of sp³-hybridized carbons (Fsp3) is 0.436. The van der Waals surface area contributed by atoms with Gasteiger partial charge in [-0.15, -0.1) is 0 Å². The zero-order valence-corrected chi connectivity index (χ0v) is 31.0. The number of nitrogens with zero attached hydrogens (tertiary/aromatic N) is 1. The van der Waals surface area contributed by atoms with E-state index >= 15 is 0 Å². The van der Waals surface area contributed by atoms with E-state index < -0.39 is 105 Å². The summed E-state index contributed by atoms with van der Waals surface area (Å²) in [5.74, 6) is -2.39. The minimum Gasteiger partial charge on any atom is -0.486 e. The first-order chi connectivity index (χ1) is 27.8. The fourth-order valence-corrected chi connectivity index (χ4v) is 7.90. The van der Waals surface area contributed by atoms with Crippen LogP contribution in [-0.4, -0.2) is 141 Å². The molecule has 0 bridgehead atoms. The van der Waals surface area contributed by atoms with E-state index in [0.717, 1.165) is 0 Å². The molecule has 0 spiro atoms. The van der Waals surface area contributed by atoms with Gasteiger partial charge in [0.1, 0.15) is 49.7 Å². The second-order valence-electron chi connectivity index (χ2n) is 14.6. The number of hydrogen-bond donors (Lipinski definition) is 11. The van der Waals surface area contributed by atoms with Crippen LogP contribution >= 0.6 is 0 Å². The predicted octanol–water partition coefficient (Wildman–Crippen LogP) is -3.17. The van der Waals surface area contributed by atoms with Crippen molar-refractivity contribution in [2.24, 2.45) is 5.73 Å². The first-order valence-electron chi connectivity index (χ1n) is 18.6. The average Bonchev–Trinajstić information content (AvgIpc) is 3.64. The van der Waals surface area contributed by atoms with Gasteiger partial charge in [-0.05, 0) is 35.4 Å². The van der Waals surface area contributed by atoms with Gasteiger partial charge in [0.25, 0.3) is 0 Å². The number of carbonyl (C=O) groups excluding carboxylic acids is 4. The molecule has 12 N–H and O–H groups in total. The Balaban J connectivity index is 1.43. The number of amides is 1. The van der Waals surface area contributed by atoms with Crippen molar-refractivity contribution in [2.75, 3.05) is 31.4 Å². The number of para-hydroxylation sites is 1. The molecule has 19 heteroatoms. The van der Waals surface area contributed by atoms with E-state index in [9.17, 15) is 54.9 Å². The lowest BCUT2D eigenvalue weighted by atomic mass is 9.81. The number of aldehydes is 1. The van der Waals surface area contributed by atoms with Crippen molar-refractivity contribution in [3.63, 3.8) is 0 Å². The molecule has 4 aliphatic rings. The van der Waals surface area contributed by atoms with E-state index in [0.29, 0.717) is 23.1 Å². The third-order valence-corrected chi connectivity index (χ3v) is 10.9. The number of aliphatic hydroxyl groups excluding tert-OH is 6. The van der Waals surface area contributed by atoms with Crippen molar-refractivity contribution in [2.45, 2.75) is 80.7 Å². The van der Waals surface area contributed by atoms with Crippen molar-refractivity contribution in [3.05, 3.63) is 87.5 Å². The molecule has 9 atom stereocenters. The van der Waals surface area contributed by atoms with Crippen molar-refractivity contribution in [3.8, 4) is 11.5 Å². The monoisotopic (exact) mass is 807 g/mol. The van der Waals surface area contributed by atoms with E-state index in [-0.39, 0.29) is 59.0 Å². The van der Waals surface area contributed by atoms with E-state index in [1.807, 2.05) is 4.90 Å². The van der Waals surface area contributed by atoms with Gasteiger partial charge in [-0.1, -0.05) is 24.3 Å². The Morgan fingerprint density at radius 1 is 1.00 bits per heavy atom.